The van der Waals surface area contributed by atoms with Crippen molar-refractivity contribution in [1.29, 1.82) is 0 Å². The van der Waals surface area contributed by atoms with Crippen LogP contribution in [0.4, 0.5) is 0 Å². The molecule has 0 bridgehead atoms. The van der Waals surface area contributed by atoms with E-state index in [2.05, 4.69) is 0 Å². The van der Waals surface area contributed by atoms with E-state index in [4.69, 9.17) is 9.47 Å². The highest BCUT2D eigenvalue weighted by atomic mass is 16.5. The first kappa shape index (κ1) is 26.9. The summed E-state index contributed by atoms with van der Waals surface area (Å²) in [5, 5.41) is 0. The normalized spacial score (nSPS) is 19.9. The average molecular weight is 429 g/mol. The number of piperidine rings is 2. The molecule has 0 aliphatic carbocycles. The van der Waals surface area contributed by atoms with Crippen molar-refractivity contribution in [2.24, 2.45) is 11.8 Å². The zero-order valence-electron chi connectivity index (χ0n) is 20.1. The smallest absolute Gasteiger partial charge is 0.308 e. The molecule has 0 aromatic rings. The molecule has 0 radical (unpaired) electrons. The van der Waals surface area contributed by atoms with Crippen LogP contribution in [0.1, 0.15) is 79.1 Å². The fourth-order valence-electron chi connectivity index (χ4n) is 3.81. The zero-order chi connectivity index (χ0) is 22.2. The number of likely N-dealkylation sites (tertiary alicyclic amines) is 2. The highest BCUT2D eigenvalue weighted by Crippen LogP contribution is 2.03. The molecule has 0 spiro atoms. The predicted molar refractivity (Wildman–Crippen MR) is 120 cm³/mol. The second kappa shape index (κ2) is 16.5. The maximum absolute atomic E-state index is 11.4. The summed E-state index contributed by atoms with van der Waals surface area (Å²) in [4.78, 5) is 26.0. The molecular weight excluding hydrogens is 380 g/mol. The van der Waals surface area contributed by atoms with E-state index < -0.39 is 0 Å². The highest BCUT2D eigenvalue weighted by Gasteiger charge is 2.17. The number of carbonyl (C=O) groups excluding carboxylic acids is 2. The van der Waals surface area contributed by atoms with Gasteiger partial charge in [0.25, 0.3) is 0 Å². The molecule has 2 rings (SSSR count). The Morgan fingerprint density at radius 3 is 1.30 bits per heavy atom. The molecule has 176 valence electrons. The van der Waals surface area contributed by atoms with Crippen LogP contribution < -0.4 is 9.80 Å². The van der Waals surface area contributed by atoms with Crippen LogP contribution in [0.2, 0.25) is 0 Å². The van der Waals surface area contributed by atoms with Crippen LogP contribution >= 0.6 is 0 Å². The average Bonchev–Trinajstić information content (AvgIpc) is 2.79. The van der Waals surface area contributed by atoms with Crippen molar-refractivity contribution < 1.29 is 28.9 Å². The first-order valence-corrected chi connectivity index (χ1v) is 12.5. The molecule has 6 heteroatoms. The molecule has 2 atom stereocenters. The standard InChI is InChI=1S/2C12H23NO2/c2*1-3-11(2)12(14)15-10-9-13-7-5-4-6-8-13/h2*11H,3-10H2,1-2H3/p+2. The quantitative estimate of drug-likeness (QED) is 0.515. The third-order valence-electron chi connectivity index (χ3n) is 6.55. The lowest BCUT2D eigenvalue weighted by atomic mass is 10.1. The van der Waals surface area contributed by atoms with E-state index in [9.17, 15) is 9.59 Å². The minimum atomic E-state index is -0.0334. The summed E-state index contributed by atoms with van der Waals surface area (Å²) < 4.78 is 10.5. The lowest BCUT2D eigenvalue weighted by Gasteiger charge is -2.23. The van der Waals surface area contributed by atoms with Gasteiger partial charge in [0, 0.05) is 0 Å². The maximum atomic E-state index is 11.4. The van der Waals surface area contributed by atoms with Crippen molar-refractivity contribution in [2.45, 2.75) is 79.1 Å². The van der Waals surface area contributed by atoms with Gasteiger partial charge < -0.3 is 19.3 Å². The van der Waals surface area contributed by atoms with Gasteiger partial charge in [-0.3, -0.25) is 9.59 Å². The molecule has 0 amide bonds. The Balaban J connectivity index is 0.000000300. The molecule has 0 aromatic carbocycles. The number of esters is 2. The minimum absolute atomic E-state index is 0.0334. The van der Waals surface area contributed by atoms with Gasteiger partial charge in [-0.1, -0.05) is 27.7 Å². The third-order valence-corrected chi connectivity index (χ3v) is 6.55. The number of hydrogen-bond acceptors (Lipinski definition) is 4. The summed E-state index contributed by atoms with van der Waals surface area (Å²) in [5.74, 6) is 0.0468. The van der Waals surface area contributed by atoms with Crippen LogP contribution in [0.3, 0.4) is 0 Å². The molecule has 2 fully saturated rings. The van der Waals surface area contributed by atoms with Gasteiger partial charge in [-0.05, 0) is 51.4 Å². The van der Waals surface area contributed by atoms with Crippen LogP contribution in [-0.4, -0.2) is 64.4 Å². The second-order valence-electron chi connectivity index (χ2n) is 9.07. The molecule has 30 heavy (non-hydrogen) atoms. The van der Waals surface area contributed by atoms with Crippen molar-refractivity contribution in [1.82, 2.24) is 0 Å². The van der Waals surface area contributed by atoms with Gasteiger partial charge in [0.2, 0.25) is 0 Å². The SMILES string of the molecule is CCC(C)C(=O)OCC[NH+]1CCCCC1.CCC(C)C(=O)OCC[NH+]1CCCCC1. The van der Waals surface area contributed by atoms with Gasteiger partial charge in [-0.15, -0.1) is 0 Å². The van der Waals surface area contributed by atoms with E-state index in [1.807, 2.05) is 27.7 Å². The first-order valence-electron chi connectivity index (χ1n) is 12.5. The number of carbonyl (C=O) groups is 2. The zero-order valence-corrected chi connectivity index (χ0v) is 20.1. The predicted octanol–water partition coefficient (Wildman–Crippen LogP) is 1.29. The molecule has 2 N–H and O–H groups in total. The maximum Gasteiger partial charge on any atom is 0.308 e. The van der Waals surface area contributed by atoms with E-state index in [0.717, 1.165) is 25.9 Å². The summed E-state index contributed by atoms with van der Waals surface area (Å²) in [6.07, 6.45) is 9.80. The van der Waals surface area contributed by atoms with Gasteiger partial charge in [-0.2, -0.15) is 0 Å². The summed E-state index contributed by atoms with van der Waals surface area (Å²) in [6, 6.07) is 0. The number of rotatable bonds is 10. The van der Waals surface area contributed by atoms with Crippen LogP contribution in [0, 0.1) is 11.8 Å². The Kier molecular flexibility index (Phi) is 14.8. The summed E-state index contributed by atoms with van der Waals surface area (Å²) in [6.45, 7) is 16.1. The van der Waals surface area contributed by atoms with E-state index in [-0.39, 0.29) is 23.8 Å². The lowest BCUT2D eigenvalue weighted by molar-refractivity contribution is -0.905. The third kappa shape index (κ3) is 11.9. The molecule has 2 heterocycles. The Morgan fingerprint density at radius 1 is 0.667 bits per heavy atom. The van der Waals surface area contributed by atoms with Crippen LogP contribution in [0.15, 0.2) is 0 Å². The van der Waals surface area contributed by atoms with Crippen LogP contribution in [0.25, 0.3) is 0 Å². The molecule has 2 saturated heterocycles. The number of ether oxygens (including phenoxy) is 2. The number of hydrogen-bond donors (Lipinski definition) is 2. The van der Waals surface area contributed by atoms with E-state index >= 15 is 0 Å². The lowest BCUT2D eigenvalue weighted by Crippen LogP contribution is -3.13. The van der Waals surface area contributed by atoms with Gasteiger partial charge in [0.1, 0.15) is 26.3 Å². The fraction of sp³-hybridized carbons (Fsp3) is 0.917. The molecule has 0 aromatic heterocycles. The molecule has 2 aliphatic heterocycles. The van der Waals surface area contributed by atoms with Gasteiger partial charge in [0.05, 0.1) is 38.0 Å². The molecule has 0 saturated carbocycles. The Labute approximate surface area is 184 Å². The van der Waals surface area contributed by atoms with Crippen molar-refractivity contribution in [3.05, 3.63) is 0 Å². The number of quaternary nitrogens is 2. The van der Waals surface area contributed by atoms with Gasteiger partial charge >= 0.3 is 11.9 Å². The monoisotopic (exact) mass is 428 g/mol. The minimum Gasteiger partial charge on any atom is -0.459 e. The summed E-state index contributed by atoms with van der Waals surface area (Å²) >= 11 is 0. The van der Waals surface area contributed by atoms with Crippen molar-refractivity contribution in [2.75, 3.05) is 52.5 Å². The van der Waals surface area contributed by atoms with E-state index in [0.29, 0.717) is 13.2 Å². The highest BCUT2D eigenvalue weighted by molar-refractivity contribution is 5.72. The molecule has 2 unspecified atom stereocenters. The molecule has 6 nitrogen and oxygen atoms in total. The van der Waals surface area contributed by atoms with Gasteiger partial charge in [-0.25, -0.2) is 0 Å². The fourth-order valence-corrected chi connectivity index (χ4v) is 3.81. The Morgan fingerprint density at radius 2 is 1.00 bits per heavy atom. The Hall–Kier alpha value is -1.14. The van der Waals surface area contributed by atoms with Crippen molar-refractivity contribution in [3.8, 4) is 0 Å². The van der Waals surface area contributed by atoms with Crippen LogP contribution in [0.5, 0.6) is 0 Å². The molecular formula is C24H48N2O4+2. The van der Waals surface area contributed by atoms with Crippen molar-refractivity contribution >= 4 is 11.9 Å². The second-order valence-corrected chi connectivity index (χ2v) is 9.07. The van der Waals surface area contributed by atoms with E-state index in [1.165, 1.54) is 64.7 Å². The summed E-state index contributed by atoms with van der Waals surface area (Å²) in [7, 11) is 0. The van der Waals surface area contributed by atoms with E-state index in [1.54, 1.807) is 9.80 Å². The topological polar surface area (TPSA) is 61.5 Å². The summed E-state index contributed by atoms with van der Waals surface area (Å²) in [5.41, 5.74) is 0. The van der Waals surface area contributed by atoms with Crippen LogP contribution in [-0.2, 0) is 19.1 Å². The first-order chi connectivity index (χ1) is 14.5. The molecule has 2 aliphatic rings. The van der Waals surface area contributed by atoms with Gasteiger partial charge in [0.15, 0.2) is 0 Å². The largest absolute Gasteiger partial charge is 0.459 e. The Bertz CT molecular complexity index is 418. The number of nitrogens with one attached hydrogen (secondary N) is 2. The van der Waals surface area contributed by atoms with Crippen molar-refractivity contribution in [3.63, 3.8) is 0 Å².